The Bertz CT molecular complexity index is 611. The number of benzene rings is 1. The van der Waals surface area contributed by atoms with E-state index in [9.17, 15) is 14.9 Å². The zero-order valence-electron chi connectivity index (χ0n) is 13.9. The smallest absolute Gasteiger partial charge is 0.337 e. The van der Waals surface area contributed by atoms with E-state index < -0.39 is 11.5 Å². The second-order valence-electron chi connectivity index (χ2n) is 6.08. The molecule has 1 amide bonds. The number of nitrogens with one attached hydrogen (secondary N) is 2. The molecule has 0 heterocycles. The van der Waals surface area contributed by atoms with Crippen LogP contribution in [0.5, 0.6) is 0 Å². The lowest BCUT2D eigenvalue weighted by Crippen LogP contribution is -2.48. The number of amides is 1. The van der Waals surface area contributed by atoms with Crippen molar-refractivity contribution in [3.8, 4) is 6.07 Å². The fraction of sp³-hybridized carbons (Fsp3) is 0.500. The average molecular weight is 329 g/mol. The highest BCUT2D eigenvalue weighted by Gasteiger charge is 2.32. The van der Waals surface area contributed by atoms with E-state index in [4.69, 9.17) is 0 Å². The highest BCUT2D eigenvalue weighted by molar-refractivity contribution is 5.89. The van der Waals surface area contributed by atoms with Crippen LogP contribution in [0.15, 0.2) is 24.3 Å². The lowest BCUT2D eigenvalue weighted by Gasteiger charge is -2.26. The average Bonchev–Trinajstić information content (AvgIpc) is 2.85. The predicted octanol–water partition coefficient (Wildman–Crippen LogP) is 2.62. The molecule has 2 N–H and O–H groups in total. The summed E-state index contributed by atoms with van der Waals surface area (Å²) < 4.78 is 4.64. The van der Waals surface area contributed by atoms with Crippen molar-refractivity contribution in [1.29, 1.82) is 5.26 Å². The van der Waals surface area contributed by atoms with Crippen LogP contribution >= 0.6 is 0 Å². The van der Waals surface area contributed by atoms with Gasteiger partial charge >= 0.3 is 5.97 Å². The number of hydrogen-bond donors (Lipinski definition) is 2. The number of nitrogens with zero attached hydrogens (tertiary/aromatic N) is 1. The minimum atomic E-state index is -0.732. The number of anilines is 1. The van der Waals surface area contributed by atoms with Gasteiger partial charge in [-0.2, -0.15) is 5.26 Å². The maximum absolute atomic E-state index is 12.2. The fourth-order valence-electron chi connectivity index (χ4n) is 2.93. The van der Waals surface area contributed by atoms with Gasteiger partial charge in [-0.1, -0.05) is 25.7 Å². The quantitative estimate of drug-likeness (QED) is 0.640. The summed E-state index contributed by atoms with van der Waals surface area (Å²) in [4.78, 5) is 23.6. The molecule has 6 nitrogen and oxygen atoms in total. The molecule has 1 aliphatic carbocycles. The Labute approximate surface area is 142 Å². The molecule has 128 valence electrons. The SMILES string of the molecule is COC(=O)c1ccc(NCC(=O)NC2(C#N)CCCCCC2)cc1. The number of rotatable bonds is 5. The third-order valence-electron chi connectivity index (χ3n) is 4.31. The fourth-order valence-corrected chi connectivity index (χ4v) is 2.93. The van der Waals surface area contributed by atoms with Crippen molar-refractivity contribution in [2.75, 3.05) is 19.0 Å². The van der Waals surface area contributed by atoms with Crippen LogP contribution < -0.4 is 10.6 Å². The van der Waals surface area contributed by atoms with Crippen LogP contribution in [0.25, 0.3) is 0 Å². The Hall–Kier alpha value is -2.55. The minimum absolute atomic E-state index is 0.0843. The third kappa shape index (κ3) is 4.72. The van der Waals surface area contributed by atoms with Gasteiger partial charge in [-0.05, 0) is 37.1 Å². The highest BCUT2D eigenvalue weighted by atomic mass is 16.5. The predicted molar refractivity (Wildman–Crippen MR) is 90.5 cm³/mol. The molecule has 0 saturated heterocycles. The van der Waals surface area contributed by atoms with Gasteiger partial charge in [0.25, 0.3) is 0 Å². The van der Waals surface area contributed by atoms with Crippen LogP contribution in [0.3, 0.4) is 0 Å². The summed E-state index contributed by atoms with van der Waals surface area (Å²) in [5, 5.41) is 15.4. The van der Waals surface area contributed by atoms with E-state index in [0.29, 0.717) is 18.4 Å². The van der Waals surface area contributed by atoms with Gasteiger partial charge in [0.2, 0.25) is 5.91 Å². The molecular weight excluding hydrogens is 306 g/mol. The summed E-state index contributed by atoms with van der Waals surface area (Å²) in [7, 11) is 1.33. The van der Waals surface area contributed by atoms with E-state index in [-0.39, 0.29) is 12.5 Å². The molecule has 0 radical (unpaired) electrons. The van der Waals surface area contributed by atoms with E-state index in [0.717, 1.165) is 31.4 Å². The topological polar surface area (TPSA) is 91.2 Å². The van der Waals surface area contributed by atoms with Gasteiger partial charge in [0, 0.05) is 5.69 Å². The molecule has 1 aliphatic rings. The normalized spacial score (nSPS) is 16.3. The number of hydrogen-bond acceptors (Lipinski definition) is 5. The minimum Gasteiger partial charge on any atom is -0.465 e. The monoisotopic (exact) mass is 329 g/mol. The number of methoxy groups -OCH3 is 1. The van der Waals surface area contributed by atoms with Gasteiger partial charge < -0.3 is 15.4 Å². The number of esters is 1. The largest absolute Gasteiger partial charge is 0.465 e. The summed E-state index contributed by atoms with van der Waals surface area (Å²) in [6, 6.07) is 8.99. The second-order valence-corrected chi connectivity index (χ2v) is 6.08. The molecule has 1 aromatic rings. The molecule has 2 rings (SSSR count). The van der Waals surface area contributed by atoms with Crippen molar-refractivity contribution in [2.45, 2.75) is 44.1 Å². The highest BCUT2D eigenvalue weighted by Crippen LogP contribution is 2.26. The number of carbonyl (C=O) groups is 2. The van der Waals surface area contributed by atoms with Crippen LogP contribution in [0.4, 0.5) is 5.69 Å². The summed E-state index contributed by atoms with van der Waals surface area (Å²) in [5.41, 5.74) is 0.448. The van der Waals surface area contributed by atoms with E-state index in [1.165, 1.54) is 7.11 Å². The van der Waals surface area contributed by atoms with Crippen molar-refractivity contribution in [3.05, 3.63) is 29.8 Å². The van der Waals surface area contributed by atoms with E-state index in [2.05, 4.69) is 21.4 Å². The maximum atomic E-state index is 12.2. The van der Waals surface area contributed by atoms with Crippen molar-refractivity contribution < 1.29 is 14.3 Å². The van der Waals surface area contributed by atoms with Crippen LogP contribution in [-0.2, 0) is 9.53 Å². The zero-order valence-corrected chi connectivity index (χ0v) is 13.9. The van der Waals surface area contributed by atoms with Crippen molar-refractivity contribution in [2.24, 2.45) is 0 Å². The van der Waals surface area contributed by atoms with E-state index in [1.807, 2.05) is 0 Å². The molecule has 24 heavy (non-hydrogen) atoms. The van der Waals surface area contributed by atoms with Crippen LogP contribution in [0, 0.1) is 11.3 Å². The second kappa shape index (κ2) is 8.34. The number of nitriles is 1. The molecule has 0 atom stereocenters. The summed E-state index contributed by atoms with van der Waals surface area (Å²) >= 11 is 0. The van der Waals surface area contributed by atoms with Crippen molar-refractivity contribution >= 4 is 17.6 Å². The van der Waals surface area contributed by atoms with Gasteiger partial charge in [-0.25, -0.2) is 4.79 Å². The lowest BCUT2D eigenvalue weighted by atomic mass is 9.92. The molecule has 0 unspecified atom stereocenters. The van der Waals surface area contributed by atoms with Crippen molar-refractivity contribution in [3.63, 3.8) is 0 Å². The Morgan fingerprint density at radius 2 is 1.79 bits per heavy atom. The molecule has 0 aliphatic heterocycles. The van der Waals surface area contributed by atoms with Crippen molar-refractivity contribution in [1.82, 2.24) is 5.32 Å². The Morgan fingerprint density at radius 3 is 2.33 bits per heavy atom. The van der Waals surface area contributed by atoms with Crippen LogP contribution in [0.1, 0.15) is 48.9 Å². The Morgan fingerprint density at radius 1 is 1.17 bits per heavy atom. The van der Waals surface area contributed by atoms with Crippen LogP contribution in [0.2, 0.25) is 0 Å². The molecule has 1 fully saturated rings. The first-order valence-electron chi connectivity index (χ1n) is 8.23. The summed E-state index contributed by atoms with van der Waals surface area (Å²) in [6.45, 7) is 0.0843. The van der Waals surface area contributed by atoms with Gasteiger partial charge in [-0.3, -0.25) is 4.79 Å². The Kier molecular flexibility index (Phi) is 6.19. The first-order valence-corrected chi connectivity index (χ1v) is 8.23. The third-order valence-corrected chi connectivity index (χ3v) is 4.31. The molecule has 1 saturated carbocycles. The van der Waals surface area contributed by atoms with Crippen LogP contribution in [-0.4, -0.2) is 31.1 Å². The first-order chi connectivity index (χ1) is 11.6. The Balaban J connectivity index is 1.88. The summed E-state index contributed by atoms with van der Waals surface area (Å²) in [6.07, 6.45) is 5.59. The molecule has 0 aromatic heterocycles. The molecule has 0 bridgehead atoms. The molecular formula is C18H23N3O3. The lowest BCUT2D eigenvalue weighted by molar-refractivity contribution is -0.120. The van der Waals surface area contributed by atoms with E-state index >= 15 is 0 Å². The van der Waals surface area contributed by atoms with Gasteiger partial charge in [0.05, 0.1) is 25.3 Å². The zero-order chi connectivity index (χ0) is 17.4. The maximum Gasteiger partial charge on any atom is 0.337 e. The summed E-state index contributed by atoms with van der Waals surface area (Å²) in [5.74, 6) is -0.598. The molecule has 6 heteroatoms. The van der Waals surface area contributed by atoms with Gasteiger partial charge in [-0.15, -0.1) is 0 Å². The molecule has 0 spiro atoms. The first kappa shape index (κ1) is 17.8. The molecule has 1 aromatic carbocycles. The van der Waals surface area contributed by atoms with Gasteiger partial charge in [0.15, 0.2) is 0 Å². The van der Waals surface area contributed by atoms with E-state index in [1.54, 1.807) is 24.3 Å². The number of ether oxygens (including phenoxy) is 1. The number of carbonyl (C=O) groups excluding carboxylic acids is 2. The van der Waals surface area contributed by atoms with Gasteiger partial charge in [0.1, 0.15) is 5.54 Å². The standard InChI is InChI=1S/C18H23N3O3/c1-24-17(23)14-6-8-15(9-7-14)20-12-16(22)21-18(13-19)10-4-2-3-5-11-18/h6-9,20H,2-5,10-12H2,1H3,(H,21,22).